The maximum atomic E-state index is 12.9. The van der Waals surface area contributed by atoms with E-state index in [4.69, 9.17) is 5.73 Å². The quantitative estimate of drug-likeness (QED) is 0.592. The molecule has 0 saturated heterocycles. The lowest BCUT2D eigenvalue weighted by atomic mass is 10.2. The predicted octanol–water partition coefficient (Wildman–Crippen LogP) is 0.897. The number of sulfonamides is 1. The Hall–Kier alpha value is -1.55. The maximum Gasteiger partial charge on any atom is 0.277 e. The molecule has 1 amide bonds. The number of halogens is 3. The van der Waals surface area contributed by atoms with Gasteiger partial charge >= 0.3 is 0 Å². The summed E-state index contributed by atoms with van der Waals surface area (Å²) in [7, 11) is -3.69. The fraction of sp³-hybridized carbons (Fsp3) is 0.308. The third-order valence-corrected chi connectivity index (χ3v) is 4.09. The number of amides is 1. The second-order valence-corrected chi connectivity index (χ2v) is 6.17. The Morgan fingerprint density at radius 3 is 2.35 bits per heavy atom. The van der Waals surface area contributed by atoms with Crippen LogP contribution in [0.3, 0.4) is 0 Å². The number of carbonyl (C=O) groups excluding carboxylic acids is 1. The lowest BCUT2D eigenvalue weighted by molar-refractivity contribution is 0.0118. The number of nitrogens with two attached hydrogens (primary N) is 1. The van der Waals surface area contributed by atoms with E-state index in [2.05, 4.69) is 11.3 Å². The first kappa shape index (κ1) is 21.4. The molecule has 0 aliphatic carbocycles. The van der Waals surface area contributed by atoms with Gasteiger partial charge in [-0.25, -0.2) is 21.9 Å². The van der Waals surface area contributed by atoms with Gasteiger partial charge < -0.3 is 11.1 Å². The predicted molar refractivity (Wildman–Crippen MR) is 85.4 cm³/mol. The number of carbonyl (C=O) groups is 1. The van der Waals surface area contributed by atoms with Crippen molar-refractivity contribution in [1.82, 2.24) is 10.0 Å². The largest absolute Gasteiger partial charge is 0.346 e. The highest BCUT2D eigenvalue weighted by Crippen LogP contribution is 2.12. The van der Waals surface area contributed by atoms with Crippen LogP contribution < -0.4 is 15.8 Å². The molecule has 0 aliphatic rings. The molecule has 6 nitrogen and oxygen atoms in total. The van der Waals surface area contributed by atoms with Gasteiger partial charge in [0.1, 0.15) is 0 Å². The van der Waals surface area contributed by atoms with Gasteiger partial charge in [0.2, 0.25) is 10.0 Å². The molecular formula is C13H18ClF2N3O3S. The summed E-state index contributed by atoms with van der Waals surface area (Å²) in [6.07, 6.45) is 1.39. The zero-order chi connectivity index (χ0) is 16.8. The molecule has 23 heavy (non-hydrogen) atoms. The van der Waals surface area contributed by atoms with Gasteiger partial charge in [-0.05, 0) is 24.3 Å². The van der Waals surface area contributed by atoms with Crippen molar-refractivity contribution in [2.24, 2.45) is 5.73 Å². The van der Waals surface area contributed by atoms with Crippen LogP contribution in [0.5, 0.6) is 0 Å². The third-order valence-electron chi connectivity index (χ3n) is 2.65. The number of hydrogen-bond acceptors (Lipinski definition) is 4. The minimum atomic E-state index is -3.69. The zero-order valence-electron chi connectivity index (χ0n) is 12.1. The van der Waals surface area contributed by atoms with Gasteiger partial charge in [0.05, 0.1) is 18.0 Å². The molecule has 0 spiro atoms. The topological polar surface area (TPSA) is 101 Å². The molecule has 1 rings (SSSR count). The van der Waals surface area contributed by atoms with Crippen molar-refractivity contribution < 1.29 is 22.0 Å². The molecule has 0 aromatic heterocycles. The van der Waals surface area contributed by atoms with E-state index < -0.39 is 34.9 Å². The molecule has 0 radical (unpaired) electrons. The van der Waals surface area contributed by atoms with Crippen LogP contribution >= 0.6 is 12.4 Å². The third kappa shape index (κ3) is 6.61. The summed E-state index contributed by atoms with van der Waals surface area (Å²) in [5.41, 5.74) is 4.92. The molecule has 0 unspecified atom stereocenters. The SMILES string of the molecule is C=CCNS(=O)(=O)c1ccc(C(=O)NCC(F)(F)CN)cc1.Cl. The van der Waals surface area contributed by atoms with Crippen LogP contribution in [0.2, 0.25) is 0 Å². The van der Waals surface area contributed by atoms with Crippen molar-refractivity contribution in [1.29, 1.82) is 0 Å². The number of hydrogen-bond donors (Lipinski definition) is 3. The Labute approximate surface area is 139 Å². The van der Waals surface area contributed by atoms with Crippen molar-refractivity contribution in [3.63, 3.8) is 0 Å². The van der Waals surface area contributed by atoms with Gasteiger partial charge in [-0.2, -0.15) is 0 Å². The first-order chi connectivity index (χ1) is 10.2. The average molecular weight is 370 g/mol. The normalized spacial score (nSPS) is 11.4. The summed E-state index contributed by atoms with van der Waals surface area (Å²) in [6.45, 7) is 1.70. The molecular weight excluding hydrogens is 352 g/mol. The second-order valence-electron chi connectivity index (χ2n) is 4.41. The standard InChI is InChI=1S/C13H17F2N3O3S.ClH/c1-2-7-18-22(20,21)11-5-3-10(4-6-11)12(19)17-9-13(14,15)8-16;/h2-6,18H,1,7-9,16H2,(H,17,19);1H. The van der Waals surface area contributed by atoms with E-state index in [0.29, 0.717) is 0 Å². The molecule has 0 saturated carbocycles. The molecule has 1 aromatic rings. The summed E-state index contributed by atoms with van der Waals surface area (Å²) in [6, 6.07) is 4.89. The molecule has 0 fully saturated rings. The molecule has 130 valence electrons. The first-order valence-electron chi connectivity index (χ1n) is 6.28. The molecule has 10 heteroatoms. The number of alkyl halides is 2. The Balaban J connectivity index is 0.00000484. The molecule has 0 atom stereocenters. The lowest BCUT2D eigenvalue weighted by Gasteiger charge is -2.14. The molecule has 0 aliphatic heterocycles. The van der Waals surface area contributed by atoms with E-state index in [-0.39, 0.29) is 29.4 Å². The van der Waals surface area contributed by atoms with Crippen molar-refractivity contribution in [3.05, 3.63) is 42.5 Å². The maximum absolute atomic E-state index is 12.9. The van der Waals surface area contributed by atoms with E-state index >= 15 is 0 Å². The molecule has 0 heterocycles. The lowest BCUT2D eigenvalue weighted by Crippen LogP contribution is -2.41. The van der Waals surface area contributed by atoms with Crippen molar-refractivity contribution in [3.8, 4) is 0 Å². The van der Waals surface area contributed by atoms with E-state index in [1.54, 1.807) is 0 Å². The summed E-state index contributed by atoms with van der Waals surface area (Å²) in [5, 5.41) is 2.04. The summed E-state index contributed by atoms with van der Waals surface area (Å²) in [4.78, 5) is 11.6. The van der Waals surface area contributed by atoms with Crippen molar-refractivity contribution in [2.45, 2.75) is 10.8 Å². The smallest absolute Gasteiger partial charge is 0.277 e. The number of benzene rings is 1. The number of rotatable bonds is 8. The second kappa shape index (κ2) is 8.92. The van der Waals surface area contributed by atoms with Gasteiger partial charge in [0.15, 0.2) is 0 Å². The van der Waals surface area contributed by atoms with Gasteiger partial charge in [-0.15, -0.1) is 19.0 Å². The van der Waals surface area contributed by atoms with Crippen LogP contribution in [0.4, 0.5) is 8.78 Å². The fourth-order valence-corrected chi connectivity index (χ4v) is 2.42. The summed E-state index contributed by atoms with van der Waals surface area (Å²) in [5.74, 6) is -3.93. The molecule has 0 bridgehead atoms. The Bertz CT molecular complexity index is 636. The number of nitrogens with one attached hydrogen (secondary N) is 2. The van der Waals surface area contributed by atoms with Crippen LogP contribution in [-0.4, -0.2) is 39.9 Å². The monoisotopic (exact) mass is 369 g/mol. The van der Waals surface area contributed by atoms with E-state index in [1.165, 1.54) is 30.3 Å². The van der Waals surface area contributed by atoms with Gasteiger partial charge in [-0.1, -0.05) is 6.08 Å². The fourth-order valence-electron chi connectivity index (χ4n) is 1.42. The van der Waals surface area contributed by atoms with Crippen LogP contribution in [-0.2, 0) is 10.0 Å². The van der Waals surface area contributed by atoms with Crippen LogP contribution in [0.15, 0.2) is 41.8 Å². The van der Waals surface area contributed by atoms with Crippen LogP contribution in [0.1, 0.15) is 10.4 Å². The van der Waals surface area contributed by atoms with Crippen LogP contribution in [0.25, 0.3) is 0 Å². The van der Waals surface area contributed by atoms with E-state index in [0.717, 1.165) is 0 Å². The Kier molecular flexibility index (Phi) is 8.32. The minimum absolute atomic E-state index is 0. The van der Waals surface area contributed by atoms with Crippen LogP contribution in [0, 0.1) is 0 Å². The zero-order valence-corrected chi connectivity index (χ0v) is 13.7. The molecule has 4 N–H and O–H groups in total. The summed E-state index contributed by atoms with van der Waals surface area (Å²) >= 11 is 0. The molecule has 1 aromatic carbocycles. The van der Waals surface area contributed by atoms with E-state index in [9.17, 15) is 22.0 Å². The van der Waals surface area contributed by atoms with Gasteiger partial charge in [0, 0.05) is 12.1 Å². The van der Waals surface area contributed by atoms with Gasteiger partial charge in [-0.3, -0.25) is 4.79 Å². The van der Waals surface area contributed by atoms with Crippen molar-refractivity contribution in [2.75, 3.05) is 19.6 Å². The highest BCUT2D eigenvalue weighted by molar-refractivity contribution is 7.89. The summed E-state index contributed by atoms with van der Waals surface area (Å²) < 4.78 is 51.7. The van der Waals surface area contributed by atoms with E-state index in [1.807, 2.05) is 5.32 Å². The Morgan fingerprint density at radius 2 is 1.87 bits per heavy atom. The van der Waals surface area contributed by atoms with Gasteiger partial charge in [0.25, 0.3) is 11.8 Å². The first-order valence-corrected chi connectivity index (χ1v) is 7.77. The van der Waals surface area contributed by atoms with Crippen molar-refractivity contribution >= 4 is 28.3 Å². The average Bonchev–Trinajstić information content (AvgIpc) is 2.51. The minimum Gasteiger partial charge on any atom is -0.346 e. The highest BCUT2D eigenvalue weighted by atomic mass is 35.5. The highest BCUT2D eigenvalue weighted by Gasteiger charge is 2.27. The Morgan fingerprint density at radius 1 is 1.30 bits per heavy atom.